The predicted octanol–water partition coefficient (Wildman–Crippen LogP) is 2.24. The molecule has 0 saturated heterocycles. The van der Waals surface area contributed by atoms with Gasteiger partial charge in [-0.1, -0.05) is 12.1 Å². The first kappa shape index (κ1) is 15.2. The Morgan fingerprint density at radius 1 is 1.09 bits per heavy atom. The van der Waals surface area contributed by atoms with Crippen LogP contribution in [-0.2, 0) is 17.6 Å². The van der Waals surface area contributed by atoms with Gasteiger partial charge in [0.05, 0.1) is 0 Å². The lowest BCUT2D eigenvalue weighted by Crippen LogP contribution is -2.35. The van der Waals surface area contributed by atoms with Crippen molar-refractivity contribution < 1.29 is 19.1 Å². The third-order valence-electron chi connectivity index (χ3n) is 4.04. The van der Waals surface area contributed by atoms with Crippen molar-refractivity contribution in [2.75, 3.05) is 6.61 Å². The fourth-order valence-corrected chi connectivity index (χ4v) is 2.78. The maximum Gasteiger partial charge on any atom is 0.405 e. The van der Waals surface area contributed by atoms with Crippen LogP contribution in [0.25, 0.3) is 0 Å². The summed E-state index contributed by atoms with van der Waals surface area (Å²) in [5, 5.41) is 11.5. The van der Waals surface area contributed by atoms with Crippen molar-refractivity contribution in [1.29, 1.82) is 0 Å². The molecule has 1 aliphatic rings. The molecule has 5 heteroatoms. The van der Waals surface area contributed by atoms with Crippen LogP contribution in [0.3, 0.4) is 0 Å². The molecule has 0 saturated carbocycles. The van der Waals surface area contributed by atoms with Crippen molar-refractivity contribution in [3.8, 4) is 0 Å². The Balaban J connectivity index is 1.66. The molecule has 0 fully saturated rings. The summed E-state index contributed by atoms with van der Waals surface area (Å²) in [6.45, 7) is -0.369. The van der Waals surface area contributed by atoms with Crippen LogP contribution in [0.1, 0.15) is 44.8 Å². The third-order valence-corrected chi connectivity index (χ3v) is 4.04. The second-order valence-corrected chi connectivity index (χ2v) is 5.60. The number of esters is 1. The molecular weight excluding hydrogens is 294 g/mol. The molecule has 0 amide bonds. The second kappa shape index (κ2) is 6.60. The highest BCUT2D eigenvalue weighted by Crippen LogP contribution is 2.22. The summed E-state index contributed by atoms with van der Waals surface area (Å²) in [4.78, 5) is 24.0. The van der Waals surface area contributed by atoms with Gasteiger partial charge in [0, 0.05) is 17.7 Å². The minimum Gasteiger partial charge on any atom is -0.618 e. The molecule has 0 N–H and O–H groups in total. The molecule has 1 heterocycles. The average molecular weight is 311 g/mol. The fraction of sp³-hybridized carbons (Fsp3) is 0.278. The van der Waals surface area contributed by atoms with E-state index in [1.165, 1.54) is 35.9 Å². The average Bonchev–Trinajstić information content (AvgIpc) is 2.59. The van der Waals surface area contributed by atoms with Gasteiger partial charge in [-0.05, 0) is 48.9 Å². The number of aryl methyl sites for hydroxylation is 2. The van der Waals surface area contributed by atoms with Crippen LogP contribution in [0.5, 0.6) is 0 Å². The third kappa shape index (κ3) is 3.39. The highest BCUT2D eigenvalue weighted by Gasteiger charge is 2.19. The van der Waals surface area contributed by atoms with Gasteiger partial charge in [-0.3, -0.25) is 4.79 Å². The molecule has 0 spiro atoms. The zero-order chi connectivity index (χ0) is 16.2. The number of Topliss-reactive ketones (excluding diaryl/α,β-unsaturated/α-hetero) is 1. The van der Waals surface area contributed by atoms with Crippen molar-refractivity contribution in [3.63, 3.8) is 0 Å². The van der Waals surface area contributed by atoms with Gasteiger partial charge in [-0.2, -0.15) is 4.73 Å². The molecule has 1 aromatic carbocycles. The van der Waals surface area contributed by atoms with E-state index < -0.39 is 5.97 Å². The molecule has 5 nitrogen and oxygen atoms in total. The quantitative estimate of drug-likeness (QED) is 0.376. The van der Waals surface area contributed by atoms with E-state index in [-0.39, 0.29) is 18.1 Å². The minimum absolute atomic E-state index is 0.134. The van der Waals surface area contributed by atoms with E-state index >= 15 is 0 Å². The predicted molar refractivity (Wildman–Crippen MR) is 83.1 cm³/mol. The van der Waals surface area contributed by atoms with Crippen molar-refractivity contribution in [2.24, 2.45) is 0 Å². The summed E-state index contributed by atoms with van der Waals surface area (Å²) >= 11 is 0. The molecule has 1 aromatic heterocycles. The summed E-state index contributed by atoms with van der Waals surface area (Å²) in [5.74, 6) is -1.06. The van der Waals surface area contributed by atoms with Crippen LogP contribution in [0.4, 0.5) is 0 Å². The Morgan fingerprint density at radius 2 is 1.87 bits per heavy atom. The monoisotopic (exact) mass is 311 g/mol. The molecule has 3 rings (SSSR count). The maximum atomic E-state index is 12.2. The lowest BCUT2D eigenvalue weighted by molar-refractivity contribution is -0.608. The number of benzene rings is 1. The molecule has 0 bridgehead atoms. The van der Waals surface area contributed by atoms with E-state index in [1.54, 1.807) is 12.1 Å². The topological polar surface area (TPSA) is 70.3 Å². The number of aromatic nitrogens is 1. The van der Waals surface area contributed by atoms with Crippen molar-refractivity contribution in [2.45, 2.75) is 25.7 Å². The van der Waals surface area contributed by atoms with E-state index in [2.05, 4.69) is 0 Å². The summed E-state index contributed by atoms with van der Waals surface area (Å²) in [6, 6.07) is 10.1. The minimum atomic E-state index is -0.799. The van der Waals surface area contributed by atoms with Crippen LogP contribution >= 0.6 is 0 Å². The van der Waals surface area contributed by atoms with E-state index in [9.17, 15) is 14.8 Å². The van der Waals surface area contributed by atoms with E-state index in [4.69, 9.17) is 4.74 Å². The van der Waals surface area contributed by atoms with Gasteiger partial charge in [-0.15, -0.1) is 0 Å². The van der Waals surface area contributed by atoms with Crippen LogP contribution in [0.15, 0.2) is 42.6 Å². The number of ketones is 1. The fourth-order valence-electron chi connectivity index (χ4n) is 2.78. The number of pyridine rings is 1. The lowest BCUT2D eigenvalue weighted by atomic mass is 9.90. The van der Waals surface area contributed by atoms with Gasteiger partial charge < -0.3 is 9.94 Å². The number of fused-ring (bicyclic) bond motifs is 1. The van der Waals surface area contributed by atoms with E-state index in [1.807, 2.05) is 12.1 Å². The number of carbonyl (C=O) groups is 2. The summed E-state index contributed by atoms with van der Waals surface area (Å²) < 4.78 is 5.38. The summed E-state index contributed by atoms with van der Waals surface area (Å²) in [6.07, 6.45) is 5.57. The Bertz CT molecular complexity index is 754. The molecule has 2 aromatic rings. The molecule has 118 valence electrons. The molecule has 0 unspecified atom stereocenters. The summed E-state index contributed by atoms with van der Waals surface area (Å²) in [7, 11) is 0. The highest BCUT2D eigenvalue weighted by atomic mass is 16.5. The highest BCUT2D eigenvalue weighted by molar-refractivity contribution is 5.99. The standard InChI is InChI=1S/C18H17NO4/c20-17(12-23-18(21)16-7-3-4-10-19(16)22)15-9-8-13-5-1-2-6-14(13)11-15/h3-4,7-11H,1-2,5-6,12H2. The van der Waals surface area contributed by atoms with Gasteiger partial charge >= 0.3 is 11.7 Å². The van der Waals surface area contributed by atoms with Gasteiger partial charge in [-0.25, -0.2) is 4.79 Å². The SMILES string of the molecule is O=C(COC(=O)c1cccc[n+]1[O-])c1ccc2c(c1)CCCC2. The zero-order valence-corrected chi connectivity index (χ0v) is 12.7. The normalized spacial score (nSPS) is 13.2. The van der Waals surface area contributed by atoms with Crippen molar-refractivity contribution in [1.82, 2.24) is 0 Å². The molecule has 0 radical (unpaired) electrons. The smallest absolute Gasteiger partial charge is 0.405 e. The number of rotatable bonds is 4. The van der Waals surface area contributed by atoms with Crippen molar-refractivity contribution in [3.05, 3.63) is 70.2 Å². The summed E-state index contributed by atoms with van der Waals surface area (Å²) in [5.41, 5.74) is 2.91. The first-order valence-electron chi connectivity index (χ1n) is 7.65. The number of carbonyl (C=O) groups excluding carboxylic acids is 2. The van der Waals surface area contributed by atoms with Crippen LogP contribution < -0.4 is 4.73 Å². The van der Waals surface area contributed by atoms with E-state index in [0.29, 0.717) is 10.3 Å². The Hall–Kier alpha value is -2.69. The van der Waals surface area contributed by atoms with Gasteiger partial charge in [0.25, 0.3) is 0 Å². The molecule has 23 heavy (non-hydrogen) atoms. The van der Waals surface area contributed by atoms with Crippen LogP contribution in [-0.4, -0.2) is 18.4 Å². The van der Waals surface area contributed by atoms with Gasteiger partial charge in [0.15, 0.2) is 18.6 Å². The first-order chi connectivity index (χ1) is 11.1. The van der Waals surface area contributed by atoms with Crippen LogP contribution in [0.2, 0.25) is 0 Å². The number of hydrogen-bond donors (Lipinski definition) is 0. The van der Waals surface area contributed by atoms with Crippen LogP contribution in [0, 0.1) is 5.21 Å². The molecule has 1 aliphatic carbocycles. The Labute approximate surface area is 134 Å². The Kier molecular flexibility index (Phi) is 4.37. The van der Waals surface area contributed by atoms with E-state index in [0.717, 1.165) is 19.3 Å². The molecular formula is C18H17NO4. The van der Waals surface area contributed by atoms with Gasteiger partial charge in [0.1, 0.15) is 0 Å². The first-order valence-corrected chi connectivity index (χ1v) is 7.65. The number of nitrogens with zero attached hydrogens (tertiary/aromatic N) is 1. The van der Waals surface area contributed by atoms with Crippen molar-refractivity contribution >= 4 is 11.8 Å². The number of hydrogen-bond acceptors (Lipinski definition) is 4. The second-order valence-electron chi connectivity index (χ2n) is 5.60. The largest absolute Gasteiger partial charge is 0.618 e. The van der Waals surface area contributed by atoms with Gasteiger partial charge in [0.2, 0.25) is 0 Å². The lowest BCUT2D eigenvalue weighted by Gasteiger charge is -2.16. The molecule has 0 aliphatic heterocycles. The molecule has 0 atom stereocenters. The number of ether oxygens (including phenoxy) is 1. The zero-order valence-electron chi connectivity index (χ0n) is 12.7. The Morgan fingerprint density at radius 3 is 2.65 bits per heavy atom. The maximum absolute atomic E-state index is 12.2.